The molecule has 2 N–H and O–H groups in total. The van der Waals surface area contributed by atoms with Crippen LogP contribution in [0.15, 0.2) is 12.1 Å². The van der Waals surface area contributed by atoms with E-state index in [0.29, 0.717) is 18.8 Å². The standard InChI is InChI=1S/C8H9NO4/c10-5-13-7-3-1-6(9-7)2-4-8(11)12/h1,3,5,9H,2,4H2,(H,11,12). The van der Waals surface area contributed by atoms with Crippen LogP contribution in [-0.2, 0) is 16.0 Å². The predicted molar refractivity (Wildman–Crippen MR) is 43.4 cm³/mol. The van der Waals surface area contributed by atoms with Gasteiger partial charge >= 0.3 is 5.97 Å². The Morgan fingerprint density at radius 1 is 1.62 bits per heavy atom. The Labute approximate surface area is 74.3 Å². The smallest absolute Gasteiger partial charge is 0.303 e. The molecule has 5 heteroatoms. The highest BCUT2D eigenvalue weighted by Gasteiger charge is 2.02. The molecule has 0 fully saturated rings. The van der Waals surface area contributed by atoms with Crippen molar-refractivity contribution >= 4 is 12.4 Å². The lowest BCUT2D eigenvalue weighted by atomic mass is 10.2. The molecule has 0 aliphatic rings. The van der Waals surface area contributed by atoms with Crippen molar-refractivity contribution in [2.45, 2.75) is 12.8 Å². The number of rotatable bonds is 5. The summed E-state index contributed by atoms with van der Waals surface area (Å²) in [7, 11) is 0. The number of H-pyrrole nitrogens is 1. The molecule has 0 aliphatic carbocycles. The second kappa shape index (κ2) is 4.30. The van der Waals surface area contributed by atoms with Crippen LogP contribution in [0.3, 0.4) is 0 Å². The fraction of sp³-hybridized carbons (Fsp3) is 0.250. The molecule has 0 amide bonds. The molecule has 0 bridgehead atoms. The third-order valence-corrected chi connectivity index (χ3v) is 1.50. The first-order valence-corrected chi connectivity index (χ1v) is 3.72. The minimum Gasteiger partial charge on any atom is -0.481 e. The number of hydrogen-bond donors (Lipinski definition) is 2. The molecule has 0 unspecified atom stereocenters. The number of aromatic amines is 1. The number of aliphatic carboxylic acids is 1. The number of carboxylic acids is 1. The summed E-state index contributed by atoms with van der Waals surface area (Å²) in [5.41, 5.74) is 0.735. The Morgan fingerprint density at radius 2 is 2.38 bits per heavy atom. The van der Waals surface area contributed by atoms with Gasteiger partial charge in [-0.05, 0) is 12.5 Å². The quantitative estimate of drug-likeness (QED) is 0.654. The van der Waals surface area contributed by atoms with Gasteiger partial charge in [0.05, 0.1) is 6.42 Å². The van der Waals surface area contributed by atoms with Crippen molar-refractivity contribution in [2.75, 3.05) is 0 Å². The molecule has 70 valence electrons. The largest absolute Gasteiger partial charge is 0.481 e. The Bertz CT molecular complexity index is 305. The molecule has 0 saturated carbocycles. The van der Waals surface area contributed by atoms with Crippen LogP contribution in [0.1, 0.15) is 12.1 Å². The van der Waals surface area contributed by atoms with Crippen LogP contribution in [-0.4, -0.2) is 22.5 Å². The van der Waals surface area contributed by atoms with Crippen LogP contribution >= 0.6 is 0 Å². The van der Waals surface area contributed by atoms with E-state index in [0.717, 1.165) is 5.69 Å². The van der Waals surface area contributed by atoms with E-state index in [1.807, 2.05) is 0 Å². The summed E-state index contributed by atoms with van der Waals surface area (Å²) in [5, 5.41) is 8.38. The number of ether oxygens (including phenoxy) is 1. The third-order valence-electron chi connectivity index (χ3n) is 1.50. The fourth-order valence-corrected chi connectivity index (χ4v) is 0.926. The monoisotopic (exact) mass is 183 g/mol. The normalized spacial score (nSPS) is 9.54. The number of nitrogens with one attached hydrogen (secondary N) is 1. The lowest BCUT2D eigenvalue weighted by molar-refractivity contribution is -0.137. The van der Waals surface area contributed by atoms with Gasteiger partial charge in [0.15, 0.2) is 0 Å². The maximum Gasteiger partial charge on any atom is 0.303 e. The summed E-state index contributed by atoms with van der Waals surface area (Å²) in [6.45, 7) is 0.312. The Balaban J connectivity index is 2.48. The first kappa shape index (κ1) is 9.31. The van der Waals surface area contributed by atoms with E-state index >= 15 is 0 Å². The first-order chi connectivity index (χ1) is 6.22. The Morgan fingerprint density at radius 3 is 3.00 bits per heavy atom. The number of aryl methyl sites for hydroxylation is 1. The average Bonchev–Trinajstić information content (AvgIpc) is 2.50. The Kier molecular flexibility index (Phi) is 3.08. The summed E-state index contributed by atoms with van der Waals surface area (Å²) >= 11 is 0. The molecule has 1 heterocycles. The number of carbonyl (C=O) groups is 2. The minimum absolute atomic E-state index is 0.0566. The second-order valence-corrected chi connectivity index (χ2v) is 2.46. The summed E-state index contributed by atoms with van der Waals surface area (Å²) in [6.07, 6.45) is 0.457. The molecule has 0 saturated heterocycles. The summed E-state index contributed by atoms with van der Waals surface area (Å²) in [5.74, 6) is -0.525. The van der Waals surface area contributed by atoms with Crippen molar-refractivity contribution in [3.8, 4) is 5.88 Å². The highest BCUT2D eigenvalue weighted by molar-refractivity contribution is 5.67. The highest BCUT2D eigenvalue weighted by Crippen LogP contribution is 2.10. The van der Waals surface area contributed by atoms with E-state index in [1.165, 1.54) is 0 Å². The molecular weight excluding hydrogens is 174 g/mol. The van der Waals surface area contributed by atoms with Crippen LogP contribution in [0, 0.1) is 0 Å². The predicted octanol–water partition coefficient (Wildman–Crippen LogP) is 0.567. The summed E-state index contributed by atoms with van der Waals surface area (Å²) in [4.78, 5) is 22.9. The maximum absolute atomic E-state index is 10.2. The molecule has 1 rings (SSSR count). The number of carboxylic acid groups (broad SMARTS) is 1. The Hall–Kier alpha value is -1.78. The maximum atomic E-state index is 10.2. The van der Waals surface area contributed by atoms with Crippen molar-refractivity contribution < 1.29 is 19.4 Å². The van der Waals surface area contributed by atoms with Gasteiger partial charge in [0.2, 0.25) is 5.88 Å². The lowest BCUT2D eigenvalue weighted by Gasteiger charge is -1.93. The van der Waals surface area contributed by atoms with Gasteiger partial charge in [0.25, 0.3) is 6.47 Å². The highest BCUT2D eigenvalue weighted by atomic mass is 16.5. The lowest BCUT2D eigenvalue weighted by Crippen LogP contribution is -1.97. The van der Waals surface area contributed by atoms with E-state index in [-0.39, 0.29) is 6.42 Å². The summed E-state index contributed by atoms with van der Waals surface area (Å²) in [6, 6.07) is 3.26. The molecule has 5 nitrogen and oxygen atoms in total. The fourth-order valence-electron chi connectivity index (χ4n) is 0.926. The van der Waals surface area contributed by atoms with Gasteiger partial charge < -0.3 is 14.8 Å². The van der Waals surface area contributed by atoms with E-state index in [2.05, 4.69) is 9.72 Å². The second-order valence-electron chi connectivity index (χ2n) is 2.46. The molecule has 0 radical (unpaired) electrons. The average molecular weight is 183 g/mol. The van der Waals surface area contributed by atoms with Crippen LogP contribution in [0.25, 0.3) is 0 Å². The zero-order valence-corrected chi connectivity index (χ0v) is 6.82. The zero-order chi connectivity index (χ0) is 9.68. The number of hydrogen-bond acceptors (Lipinski definition) is 3. The molecule has 0 aromatic carbocycles. The topological polar surface area (TPSA) is 79.4 Å². The molecule has 1 aromatic rings. The molecule has 1 aromatic heterocycles. The van der Waals surface area contributed by atoms with Gasteiger partial charge in [-0.1, -0.05) is 0 Å². The van der Waals surface area contributed by atoms with Crippen molar-refractivity contribution in [2.24, 2.45) is 0 Å². The van der Waals surface area contributed by atoms with Gasteiger partial charge in [-0.2, -0.15) is 0 Å². The van der Waals surface area contributed by atoms with Crippen LogP contribution in [0.5, 0.6) is 5.88 Å². The number of carbonyl (C=O) groups excluding carboxylic acids is 1. The van der Waals surface area contributed by atoms with E-state index in [4.69, 9.17) is 5.11 Å². The van der Waals surface area contributed by atoms with Gasteiger partial charge in [-0.3, -0.25) is 9.59 Å². The van der Waals surface area contributed by atoms with Gasteiger partial charge in [0.1, 0.15) is 0 Å². The van der Waals surface area contributed by atoms with Crippen molar-refractivity contribution in [1.29, 1.82) is 0 Å². The van der Waals surface area contributed by atoms with Crippen molar-refractivity contribution in [3.05, 3.63) is 17.8 Å². The van der Waals surface area contributed by atoms with Crippen molar-refractivity contribution in [1.82, 2.24) is 4.98 Å². The van der Waals surface area contributed by atoms with E-state index in [1.54, 1.807) is 12.1 Å². The molecular formula is C8H9NO4. The summed E-state index contributed by atoms with van der Waals surface area (Å²) < 4.78 is 4.51. The van der Waals surface area contributed by atoms with Crippen LogP contribution in [0.4, 0.5) is 0 Å². The zero-order valence-electron chi connectivity index (χ0n) is 6.82. The van der Waals surface area contributed by atoms with E-state index < -0.39 is 5.97 Å². The van der Waals surface area contributed by atoms with Crippen LogP contribution in [0.2, 0.25) is 0 Å². The molecule has 0 atom stereocenters. The SMILES string of the molecule is O=COc1ccc(CCC(=O)O)[nH]1. The molecule has 0 spiro atoms. The first-order valence-electron chi connectivity index (χ1n) is 3.72. The van der Waals surface area contributed by atoms with Crippen molar-refractivity contribution in [3.63, 3.8) is 0 Å². The van der Waals surface area contributed by atoms with Crippen LogP contribution < -0.4 is 4.74 Å². The third kappa shape index (κ3) is 2.98. The van der Waals surface area contributed by atoms with Gasteiger partial charge in [-0.15, -0.1) is 0 Å². The van der Waals surface area contributed by atoms with Gasteiger partial charge in [-0.25, -0.2) is 0 Å². The van der Waals surface area contributed by atoms with Gasteiger partial charge in [0, 0.05) is 11.8 Å². The molecule has 13 heavy (non-hydrogen) atoms. The number of aromatic nitrogens is 1. The molecule has 0 aliphatic heterocycles. The van der Waals surface area contributed by atoms with E-state index in [9.17, 15) is 9.59 Å². The minimum atomic E-state index is -0.854.